The molecule has 0 radical (unpaired) electrons. The monoisotopic (exact) mass is 202 g/mol. The predicted octanol–water partition coefficient (Wildman–Crippen LogP) is 0.514. The van der Waals surface area contributed by atoms with Gasteiger partial charge < -0.3 is 15.8 Å². The van der Waals surface area contributed by atoms with E-state index < -0.39 is 0 Å². The van der Waals surface area contributed by atoms with Gasteiger partial charge in [0.2, 0.25) is 5.91 Å². The van der Waals surface area contributed by atoms with Crippen molar-refractivity contribution in [2.45, 2.75) is 26.7 Å². The number of ether oxygens (including phenoxy) is 1. The third kappa shape index (κ3) is 8.01. The quantitative estimate of drug-likeness (QED) is 0.564. The minimum Gasteiger partial charge on any atom is -0.380 e. The highest BCUT2D eigenvalue weighted by atomic mass is 16.5. The summed E-state index contributed by atoms with van der Waals surface area (Å²) >= 11 is 0. The molecule has 0 saturated heterocycles. The molecule has 0 aromatic heterocycles. The maximum atomic E-state index is 11.2. The van der Waals surface area contributed by atoms with E-state index in [-0.39, 0.29) is 5.91 Å². The fourth-order valence-electron chi connectivity index (χ4n) is 0.991. The highest BCUT2D eigenvalue weighted by molar-refractivity contribution is 5.75. The topological polar surface area (TPSA) is 64.3 Å². The van der Waals surface area contributed by atoms with E-state index in [2.05, 4.69) is 5.32 Å². The molecule has 0 bridgehead atoms. The summed E-state index contributed by atoms with van der Waals surface area (Å²) in [5.41, 5.74) is 5.45. The molecule has 3 N–H and O–H groups in total. The highest BCUT2D eigenvalue weighted by Gasteiger charge is 2.04. The molecular formula is C10H22N2O2. The zero-order valence-corrected chi connectivity index (χ0v) is 9.21. The minimum atomic E-state index is 0.0880. The lowest BCUT2D eigenvalue weighted by Gasteiger charge is -2.08. The van der Waals surface area contributed by atoms with Gasteiger partial charge in [-0.15, -0.1) is 0 Å². The van der Waals surface area contributed by atoms with Crippen LogP contribution in [0.1, 0.15) is 26.7 Å². The summed E-state index contributed by atoms with van der Waals surface area (Å²) in [7, 11) is 0. The molecule has 0 saturated carbocycles. The van der Waals surface area contributed by atoms with Crippen molar-refractivity contribution in [3.8, 4) is 0 Å². The Balaban J connectivity index is 3.28. The number of hydrogen-bond donors (Lipinski definition) is 2. The molecule has 1 unspecified atom stereocenters. The molecule has 0 aromatic rings. The van der Waals surface area contributed by atoms with Crippen molar-refractivity contribution in [3.63, 3.8) is 0 Å². The Morgan fingerprint density at radius 3 is 2.86 bits per heavy atom. The molecule has 14 heavy (non-hydrogen) atoms. The van der Waals surface area contributed by atoms with Gasteiger partial charge in [0, 0.05) is 19.6 Å². The van der Waals surface area contributed by atoms with Crippen LogP contribution in [0.3, 0.4) is 0 Å². The first-order valence-electron chi connectivity index (χ1n) is 5.25. The lowest BCUT2D eigenvalue weighted by molar-refractivity contribution is -0.121. The van der Waals surface area contributed by atoms with Crippen molar-refractivity contribution in [2.24, 2.45) is 11.7 Å². The third-order valence-electron chi connectivity index (χ3n) is 2.04. The maximum Gasteiger partial charge on any atom is 0.220 e. The molecule has 0 heterocycles. The number of amides is 1. The summed E-state index contributed by atoms with van der Waals surface area (Å²) in [6.07, 6.45) is 1.42. The van der Waals surface area contributed by atoms with Crippen LogP contribution in [0.4, 0.5) is 0 Å². The molecule has 0 aliphatic rings. The Kier molecular flexibility index (Phi) is 8.57. The predicted molar refractivity (Wildman–Crippen MR) is 57.0 cm³/mol. The second-order valence-electron chi connectivity index (χ2n) is 3.43. The van der Waals surface area contributed by atoms with Crippen LogP contribution in [0.25, 0.3) is 0 Å². The summed E-state index contributed by atoms with van der Waals surface area (Å²) in [4.78, 5) is 11.2. The first-order valence-corrected chi connectivity index (χ1v) is 5.25. The van der Waals surface area contributed by atoms with Gasteiger partial charge in [0.25, 0.3) is 0 Å². The van der Waals surface area contributed by atoms with E-state index in [1.54, 1.807) is 0 Å². The lowest BCUT2D eigenvalue weighted by Crippen LogP contribution is -2.27. The normalized spacial score (nSPS) is 12.5. The summed E-state index contributed by atoms with van der Waals surface area (Å²) in [5.74, 6) is 0.512. The van der Waals surface area contributed by atoms with E-state index in [1.165, 1.54) is 0 Å². The summed E-state index contributed by atoms with van der Waals surface area (Å²) in [6.45, 7) is 6.52. The van der Waals surface area contributed by atoms with Crippen LogP contribution in [0.5, 0.6) is 0 Å². The molecule has 4 nitrogen and oxygen atoms in total. The Labute approximate surface area is 86.2 Å². The molecule has 0 spiro atoms. The average molecular weight is 202 g/mol. The van der Waals surface area contributed by atoms with Crippen LogP contribution in [0.2, 0.25) is 0 Å². The van der Waals surface area contributed by atoms with E-state index >= 15 is 0 Å². The SMILES string of the molecule is CCOCCNC(=O)CCC(C)CN. The summed E-state index contributed by atoms with van der Waals surface area (Å²) in [6, 6.07) is 0. The second-order valence-corrected chi connectivity index (χ2v) is 3.43. The smallest absolute Gasteiger partial charge is 0.220 e. The molecular weight excluding hydrogens is 180 g/mol. The van der Waals surface area contributed by atoms with Crippen LogP contribution < -0.4 is 11.1 Å². The Hall–Kier alpha value is -0.610. The molecule has 0 aromatic carbocycles. The minimum absolute atomic E-state index is 0.0880. The van der Waals surface area contributed by atoms with Gasteiger partial charge in [-0.3, -0.25) is 4.79 Å². The van der Waals surface area contributed by atoms with Crippen molar-refractivity contribution in [3.05, 3.63) is 0 Å². The van der Waals surface area contributed by atoms with E-state index in [1.807, 2.05) is 13.8 Å². The Bertz CT molecular complexity index is 151. The maximum absolute atomic E-state index is 11.2. The van der Waals surface area contributed by atoms with Gasteiger partial charge in [0.1, 0.15) is 0 Å². The van der Waals surface area contributed by atoms with Crippen molar-refractivity contribution in [1.29, 1.82) is 0 Å². The van der Waals surface area contributed by atoms with Gasteiger partial charge in [-0.2, -0.15) is 0 Å². The van der Waals surface area contributed by atoms with Crippen molar-refractivity contribution in [2.75, 3.05) is 26.3 Å². The molecule has 4 heteroatoms. The first kappa shape index (κ1) is 13.4. The standard InChI is InChI=1S/C10H22N2O2/c1-3-14-7-6-12-10(13)5-4-9(2)8-11/h9H,3-8,11H2,1-2H3,(H,12,13). The average Bonchev–Trinajstić information content (AvgIpc) is 2.21. The number of rotatable bonds is 8. The van der Waals surface area contributed by atoms with E-state index in [9.17, 15) is 4.79 Å². The van der Waals surface area contributed by atoms with Crippen molar-refractivity contribution in [1.82, 2.24) is 5.32 Å². The Morgan fingerprint density at radius 1 is 1.57 bits per heavy atom. The van der Waals surface area contributed by atoms with Gasteiger partial charge in [-0.05, 0) is 25.8 Å². The van der Waals surface area contributed by atoms with Crippen LogP contribution >= 0.6 is 0 Å². The highest BCUT2D eigenvalue weighted by Crippen LogP contribution is 2.02. The first-order chi connectivity index (χ1) is 6.70. The van der Waals surface area contributed by atoms with Gasteiger partial charge in [-0.25, -0.2) is 0 Å². The van der Waals surface area contributed by atoms with Gasteiger partial charge in [0.15, 0.2) is 0 Å². The molecule has 0 aliphatic heterocycles. The second kappa shape index (κ2) is 8.97. The molecule has 1 amide bonds. The van der Waals surface area contributed by atoms with Crippen LogP contribution in [-0.2, 0) is 9.53 Å². The van der Waals surface area contributed by atoms with Gasteiger partial charge in [-0.1, -0.05) is 6.92 Å². The zero-order chi connectivity index (χ0) is 10.8. The lowest BCUT2D eigenvalue weighted by atomic mass is 10.1. The molecule has 0 rings (SSSR count). The van der Waals surface area contributed by atoms with E-state index in [0.717, 1.165) is 6.42 Å². The van der Waals surface area contributed by atoms with Crippen LogP contribution in [0.15, 0.2) is 0 Å². The van der Waals surface area contributed by atoms with Crippen LogP contribution in [0, 0.1) is 5.92 Å². The van der Waals surface area contributed by atoms with Crippen molar-refractivity contribution < 1.29 is 9.53 Å². The number of carbonyl (C=O) groups is 1. The van der Waals surface area contributed by atoms with E-state index in [4.69, 9.17) is 10.5 Å². The summed E-state index contributed by atoms with van der Waals surface area (Å²) in [5, 5.41) is 2.79. The van der Waals surface area contributed by atoms with Crippen molar-refractivity contribution >= 4 is 5.91 Å². The number of nitrogens with two attached hydrogens (primary N) is 1. The third-order valence-corrected chi connectivity index (χ3v) is 2.04. The number of hydrogen-bond acceptors (Lipinski definition) is 3. The van der Waals surface area contributed by atoms with Gasteiger partial charge >= 0.3 is 0 Å². The number of nitrogens with one attached hydrogen (secondary N) is 1. The molecule has 84 valence electrons. The largest absolute Gasteiger partial charge is 0.380 e. The molecule has 1 atom stereocenters. The fourth-order valence-corrected chi connectivity index (χ4v) is 0.991. The molecule has 0 fully saturated rings. The number of carbonyl (C=O) groups excluding carboxylic acids is 1. The Morgan fingerprint density at radius 2 is 2.29 bits per heavy atom. The molecule has 0 aliphatic carbocycles. The van der Waals surface area contributed by atoms with E-state index in [0.29, 0.717) is 38.6 Å². The summed E-state index contributed by atoms with van der Waals surface area (Å²) < 4.78 is 5.10. The fraction of sp³-hybridized carbons (Fsp3) is 0.900. The van der Waals surface area contributed by atoms with Crippen LogP contribution in [-0.4, -0.2) is 32.2 Å². The zero-order valence-electron chi connectivity index (χ0n) is 9.21. The van der Waals surface area contributed by atoms with Gasteiger partial charge in [0.05, 0.1) is 6.61 Å².